The number of imide groups is 1. The van der Waals surface area contributed by atoms with E-state index < -0.39 is 35.2 Å². The van der Waals surface area contributed by atoms with E-state index in [1.165, 1.54) is 4.90 Å². The maximum Gasteiger partial charge on any atom is 0.250 e. The van der Waals surface area contributed by atoms with Crippen LogP contribution in [0.3, 0.4) is 0 Å². The number of nitrogens with two attached hydrogens (primary N) is 1. The summed E-state index contributed by atoms with van der Waals surface area (Å²) in [5.74, 6) is -2.63. The molecule has 2 aromatic carbocycles. The Morgan fingerprint density at radius 3 is 2.46 bits per heavy atom. The number of hydrogen-bond acceptors (Lipinski definition) is 6. The van der Waals surface area contributed by atoms with Crippen molar-refractivity contribution in [1.29, 1.82) is 0 Å². The Hall–Kier alpha value is -3.72. The van der Waals surface area contributed by atoms with Crippen LogP contribution in [-0.2, 0) is 31.3 Å². The number of benzene rings is 2. The van der Waals surface area contributed by atoms with Gasteiger partial charge in [-0.05, 0) is 49.1 Å². The number of anilines is 1. The second kappa shape index (κ2) is 8.20. The molecular weight excluding hydrogens is 448 g/mol. The van der Waals surface area contributed by atoms with Crippen molar-refractivity contribution in [2.75, 3.05) is 12.4 Å². The van der Waals surface area contributed by atoms with E-state index >= 15 is 0 Å². The second-order valence-electron chi connectivity index (χ2n) is 9.56. The number of primary amides is 1. The van der Waals surface area contributed by atoms with Crippen molar-refractivity contribution in [2.24, 2.45) is 17.6 Å². The molecule has 4 N–H and O–H groups in total. The molecule has 35 heavy (non-hydrogen) atoms. The number of nitrogens with one attached hydrogen (secondary N) is 2. The zero-order valence-corrected chi connectivity index (χ0v) is 19.9. The van der Waals surface area contributed by atoms with Gasteiger partial charge in [0, 0.05) is 23.7 Å². The van der Waals surface area contributed by atoms with E-state index in [1.54, 1.807) is 31.4 Å². The molecule has 3 heterocycles. The molecule has 2 saturated heterocycles. The molecule has 3 aliphatic rings. The van der Waals surface area contributed by atoms with Crippen LogP contribution >= 0.6 is 0 Å². The highest BCUT2D eigenvalue weighted by Gasteiger charge is 2.70. The van der Waals surface area contributed by atoms with E-state index in [9.17, 15) is 19.2 Å². The summed E-state index contributed by atoms with van der Waals surface area (Å²) in [7, 11) is 1.57. The average Bonchev–Trinajstić information content (AvgIpc) is 3.41. The average molecular weight is 477 g/mol. The third-order valence-corrected chi connectivity index (χ3v) is 7.71. The van der Waals surface area contributed by atoms with Crippen LogP contribution < -0.4 is 21.1 Å². The van der Waals surface area contributed by atoms with Crippen molar-refractivity contribution < 1.29 is 23.9 Å². The quantitative estimate of drug-likeness (QED) is 0.542. The van der Waals surface area contributed by atoms with Gasteiger partial charge in [0.15, 0.2) is 0 Å². The monoisotopic (exact) mass is 476 g/mol. The maximum absolute atomic E-state index is 13.8. The van der Waals surface area contributed by atoms with Crippen LogP contribution in [0.5, 0.6) is 5.75 Å². The highest BCUT2D eigenvalue weighted by Crippen LogP contribution is 2.54. The predicted molar refractivity (Wildman–Crippen MR) is 127 cm³/mol. The van der Waals surface area contributed by atoms with Gasteiger partial charge in [0.2, 0.25) is 23.6 Å². The third kappa shape index (κ3) is 3.33. The lowest BCUT2D eigenvalue weighted by Crippen LogP contribution is -2.53. The Morgan fingerprint density at radius 2 is 1.80 bits per heavy atom. The van der Waals surface area contributed by atoms with Crippen LogP contribution in [0.2, 0.25) is 0 Å². The largest absolute Gasteiger partial charge is 0.497 e. The van der Waals surface area contributed by atoms with Crippen LogP contribution in [0, 0.1) is 25.7 Å². The SMILES string of the molecule is COc1ccc(CN2C(=O)[C@H]3[C@@H](C2=O)[C@@]2(N[C@@H]3CCC(N)=O)C(=O)Nc3c2ccc(C)c3C)cc1. The molecule has 2 fully saturated rings. The zero-order chi connectivity index (χ0) is 25.1. The summed E-state index contributed by atoms with van der Waals surface area (Å²) >= 11 is 0. The zero-order valence-electron chi connectivity index (χ0n) is 19.9. The van der Waals surface area contributed by atoms with Gasteiger partial charge in [-0.25, -0.2) is 0 Å². The molecule has 2 aromatic rings. The van der Waals surface area contributed by atoms with Crippen LogP contribution in [0.4, 0.5) is 5.69 Å². The molecule has 5 rings (SSSR count). The minimum atomic E-state index is -1.39. The van der Waals surface area contributed by atoms with Gasteiger partial charge in [-0.3, -0.25) is 29.4 Å². The van der Waals surface area contributed by atoms with E-state index in [0.717, 1.165) is 16.7 Å². The Balaban J connectivity index is 1.57. The van der Waals surface area contributed by atoms with Gasteiger partial charge in [-0.1, -0.05) is 24.3 Å². The number of hydrogen-bond donors (Lipinski definition) is 3. The van der Waals surface area contributed by atoms with Crippen molar-refractivity contribution in [3.05, 3.63) is 58.7 Å². The number of ether oxygens (including phenoxy) is 1. The lowest BCUT2D eigenvalue weighted by atomic mass is 9.76. The minimum absolute atomic E-state index is 0.0400. The summed E-state index contributed by atoms with van der Waals surface area (Å²) in [5, 5.41) is 6.29. The summed E-state index contributed by atoms with van der Waals surface area (Å²) in [6, 6.07) is 10.4. The maximum atomic E-state index is 13.8. The van der Waals surface area contributed by atoms with E-state index in [0.29, 0.717) is 17.0 Å². The van der Waals surface area contributed by atoms with Gasteiger partial charge in [-0.2, -0.15) is 0 Å². The molecule has 4 amide bonds. The van der Waals surface area contributed by atoms with Crippen LogP contribution in [0.1, 0.15) is 35.1 Å². The van der Waals surface area contributed by atoms with Crippen LogP contribution in [-0.4, -0.2) is 41.7 Å². The van der Waals surface area contributed by atoms with Crippen molar-refractivity contribution in [3.63, 3.8) is 0 Å². The van der Waals surface area contributed by atoms with E-state index in [4.69, 9.17) is 10.5 Å². The Kier molecular flexibility index (Phi) is 5.40. The number of fused-ring (bicyclic) bond motifs is 4. The number of carbonyl (C=O) groups is 4. The van der Waals surface area contributed by atoms with Crippen molar-refractivity contribution in [2.45, 2.75) is 44.8 Å². The Morgan fingerprint density at radius 1 is 1.09 bits per heavy atom. The van der Waals surface area contributed by atoms with Gasteiger partial charge < -0.3 is 15.8 Å². The Labute approximate surface area is 203 Å². The summed E-state index contributed by atoms with van der Waals surface area (Å²) in [4.78, 5) is 53.9. The number of likely N-dealkylation sites (tertiary alicyclic amines) is 1. The van der Waals surface area contributed by atoms with Crippen molar-refractivity contribution in [1.82, 2.24) is 10.2 Å². The molecule has 4 atom stereocenters. The number of methoxy groups -OCH3 is 1. The molecule has 182 valence electrons. The molecule has 9 nitrogen and oxygen atoms in total. The first kappa shape index (κ1) is 23.0. The number of nitrogens with zero attached hydrogens (tertiary/aromatic N) is 1. The number of rotatable bonds is 6. The number of amides is 4. The molecule has 0 radical (unpaired) electrons. The first-order valence-corrected chi connectivity index (χ1v) is 11.6. The van der Waals surface area contributed by atoms with Crippen LogP contribution in [0.25, 0.3) is 0 Å². The van der Waals surface area contributed by atoms with Gasteiger partial charge in [0.25, 0.3) is 0 Å². The molecule has 0 aliphatic carbocycles. The summed E-state index contributed by atoms with van der Waals surface area (Å²) in [5.41, 5.74) is 8.03. The normalized spacial score (nSPS) is 26.8. The summed E-state index contributed by atoms with van der Waals surface area (Å²) in [6.45, 7) is 3.96. The number of carbonyl (C=O) groups excluding carboxylic acids is 4. The standard InChI is InChI=1S/C26H28N4O5/c1-13-4-9-17-22(14(13)2)28-25(34)26(17)21-20(18(29-26)10-11-19(27)31)23(32)30(24(21)33)12-15-5-7-16(35-3)8-6-15/h4-9,18,20-21,29H,10-12H2,1-3H3,(H2,27,31)(H,28,34)/t18-,20-,21+,26-/m1/s1. The molecular formula is C26H28N4O5. The van der Waals surface area contributed by atoms with Crippen molar-refractivity contribution >= 4 is 29.3 Å². The van der Waals surface area contributed by atoms with Gasteiger partial charge in [-0.15, -0.1) is 0 Å². The minimum Gasteiger partial charge on any atom is -0.497 e. The Bertz CT molecular complexity index is 1260. The third-order valence-electron chi connectivity index (χ3n) is 7.71. The summed E-state index contributed by atoms with van der Waals surface area (Å²) < 4.78 is 5.19. The molecule has 3 aliphatic heterocycles. The first-order valence-electron chi connectivity index (χ1n) is 11.6. The lowest BCUT2D eigenvalue weighted by Gasteiger charge is -2.29. The topological polar surface area (TPSA) is 131 Å². The fraction of sp³-hybridized carbons (Fsp3) is 0.385. The lowest BCUT2D eigenvalue weighted by molar-refractivity contribution is -0.143. The van der Waals surface area contributed by atoms with E-state index in [-0.39, 0.29) is 31.2 Å². The highest BCUT2D eigenvalue weighted by atomic mass is 16.5. The predicted octanol–water partition coefficient (Wildman–Crippen LogP) is 1.50. The van der Waals surface area contributed by atoms with Gasteiger partial charge in [0.1, 0.15) is 11.3 Å². The molecule has 1 spiro atoms. The fourth-order valence-electron chi connectivity index (χ4n) is 5.79. The first-order chi connectivity index (χ1) is 16.7. The molecule has 0 aromatic heterocycles. The van der Waals surface area contributed by atoms with Gasteiger partial charge in [0.05, 0.1) is 25.5 Å². The number of aryl methyl sites for hydroxylation is 1. The fourth-order valence-corrected chi connectivity index (χ4v) is 5.79. The smallest absolute Gasteiger partial charge is 0.250 e. The molecule has 0 saturated carbocycles. The molecule has 9 heteroatoms. The van der Waals surface area contributed by atoms with E-state index in [1.807, 2.05) is 26.0 Å². The van der Waals surface area contributed by atoms with Gasteiger partial charge >= 0.3 is 0 Å². The molecule has 0 bridgehead atoms. The second-order valence-corrected chi connectivity index (χ2v) is 9.56. The summed E-state index contributed by atoms with van der Waals surface area (Å²) in [6.07, 6.45) is 0.291. The molecule has 0 unspecified atom stereocenters. The van der Waals surface area contributed by atoms with Crippen molar-refractivity contribution in [3.8, 4) is 5.75 Å². The van der Waals surface area contributed by atoms with E-state index in [2.05, 4.69) is 10.6 Å². The van der Waals surface area contributed by atoms with Crippen LogP contribution in [0.15, 0.2) is 36.4 Å². The highest BCUT2D eigenvalue weighted by molar-refractivity contribution is 6.15.